The Kier molecular flexibility index (Phi) is 4.70. The number of rotatable bonds is 5. The number of hydrogen-bond acceptors (Lipinski definition) is 3. The summed E-state index contributed by atoms with van der Waals surface area (Å²) >= 11 is 0. The van der Waals surface area contributed by atoms with Gasteiger partial charge >= 0.3 is 0 Å². The van der Waals surface area contributed by atoms with Crippen molar-refractivity contribution in [3.8, 4) is 0 Å². The highest BCUT2D eigenvalue weighted by molar-refractivity contribution is 5.23. The summed E-state index contributed by atoms with van der Waals surface area (Å²) in [5, 5.41) is 3.72. The molecule has 1 spiro atoms. The van der Waals surface area contributed by atoms with E-state index in [-0.39, 0.29) is 5.60 Å². The predicted octanol–water partition coefficient (Wildman–Crippen LogP) is 4.23. The number of hydrogen-bond donors (Lipinski definition) is 1. The molecule has 2 heterocycles. The van der Waals surface area contributed by atoms with E-state index in [1.165, 1.54) is 37.7 Å². The van der Waals surface area contributed by atoms with Gasteiger partial charge in [0.1, 0.15) is 5.76 Å². The fraction of sp³-hybridized carbons (Fsp3) is 0.778. The molecule has 3 nitrogen and oxygen atoms in total. The Bertz CT molecular complexity index is 448. The minimum atomic E-state index is 0.187. The van der Waals surface area contributed by atoms with Crippen molar-refractivity contribution >= 4 is 0 Å². The number of nitrogens with one attached hydrogen (secondary N) is 1. The first kappa shape index (κ1) is 15.1. The number of aryl methyl sites for hydroxylation is 1. The van der Waals surface area contributed by atoms with Gasteiger partial charge in [0.15, 0.2) is 0 Å². The highest BCUT2D eigenvalue weighted by Crippen LogP contribution is 2.45. The van der Waals surface area contributed by atoms with Crippen LogP contribution in [0.5, 0.6) is 0 Å². The molecular formula is C18H29NO2. The molecule has 2 fully saturated rings. The average molecular weight is 291 g/mol. The SMILES string of the molecule is CCNC(c1ccoc1CC)C1CCOC2(CCCC2)C1. The molecule has 1 saturated carbocycles. The zero-order valence-corrected chi connectivity index (χ0v) is 13.5. The maximum absolute atomic E-state index is 6.21. The fourth-order valence-corrected chi connectivity index (χ4v) is 4.38. The number of furan rings is 1. The Morgan fingerprint density at radius 3 is 2.86 bits per heavy atom. The summed E-state index contributed by atoms with van der Waals surface area (Å²) in [5.74, 6) is 1.81. The van der Waals surface area contributed by atoms with Crippen LogP contribution in [0, 0.1) is 5.92 Å². The van der Waals surface area contributed by atoms with Gasteiger partial charge in [-0.3, -0.25) is 0 Å². The maximum Gasteiger partial charge on any atom is 0.108 e. The largest absolute Gasteiger partial charge is 0.469 e. The molecule has 1 N–H and O–H groups in total. The van der Waals surface area contributed by atoms with E-state index in [1.54, 1.807) is 0 Å². The van der Waals surface area contributed by atoms with E-state index in [2.05, 4.69) is 25.2 Å². The van der Waals surface area contributed by atoms with Crippen LogP contribution in [0.2, 0.25) is 0 Å². The number of ether oxygens (including phenoxy) is 1. The molecule has 1 aliphatic carbocycles. The second-order valence-electron chi connectivity index (χ2n) is 6.68. The maximum atomic E-state index is 6.21. The van der Waals surface area contributed by atoms with Gasteiger partial charge in [-0.1, -0.05) is 26.7 Å². The molecule has 0 radical (unpaired) electrons. The molecule has 3 rings (SSSR count). The third-order valence-corrected chi connectivity index (χ3v) is 5.38. The highest BCUT2D eigenvalue weighted by Gasteiger charge is 2.42. The van der Waals surface area contributed by atoms with E-state index in [9.17, 15) is 0 Å². The van der Waals surface area contributed by atoms with Crippen molar-refractivity contribution in [1.29, 1.82) is 0 Å². The Morgan fingerprint density at radius 2 is 2.14 bits per heavy atom. The van der Waals surface area contributed by atoms with Crippen molar-refractivity contribution in [3.63, 3.8) is 0 Å². The van der Waals surface area contributed by atoms with Crippen LogP contribution in [0.15, 0.2) is 16.7 Å². The van der Waals surface area contributed by atoms with Crippen LogP contribution in [0.25, 0.3) is 0 Å². The highest BCUT2D eigenvalue weighted by atomic mass is 16.5. The molecule has 2 unspecified atom stereocenters. The molecule has 0 amide bonds. The van der Waals surface area contributed by atoms with Gasteiger partial charge in [-0.05, 0) is 44.2 Å². The predicted molar refractivity (Wildman–Crippen MR) is 84.4 cm³/mol. The lowest BCUT2D eigenvalue weighted by Gasteiger charge is -2.41. The Morgan fingerprint density at radius 1 is 1.33 bits per heavy atom. The third-order valence-electron chi connectivity index (χ3n) is 5.38. The summed E-state index contributed by atoms with van der Waals surface area (Å²) in [4.78, 5) is 0. The molecule has 1 aliphatic heterocycles. The van der Waals surface area contributed by atoms with Gasteiger partial charge in [0.2, 0.25) is 0 Å². The lowest BCUT2D eigenvalue weighted by Crippen LogP contribution is -2.42. The van der Waals surface area contributed by atoms with Crippen molar-refractivity contribution in [2.75, 3.05) is 13.2 Å². The first-order chi connectivity index (χ1) is 10.3. The van der Waals surface area contributed by atoms with Crippen molar-refractivity contribution in [2.24, 2.45) is 5.92 Å². The first-order valence-electron chi connectivity index (χ1n) is 8.71. The van der Waals surface area contributed by atoms with Crippen LogP contribution >= 0.6 is 0 Å². The minimum absolute atomic E-state index is 0.187. The summed E-state index contributed by atoms with van der Waals surface area (Å²) in [7, 11) is 0. The van der Waals surface area contributed by atoms with Gasteiger partial charge in [0, 0.05) is 24.6 Å². The molecule has 3 heteroatoms. The van der Waals surface area contributed by atoms with Gasteiger partial charge < -0.3 is 14.5 Å². The van der Waals surface area contributed by atoms with Crippen molar-refractivity contribution < 1.29 is 9.15 Å². The van der Waals surface area contributed by atoms with Crippen LogP contribution in [0.3, 0.4) is 0 Å². The zero-order chi connectivity index (χ0) is 14.7. The van der Waals surface area contributed by atoms with E-state index >= 15 is 0 Å². The molecule has 21 heavy (non-hydrogen) atoms. The quantitative estimate of drug-likeness (QED) is 0.881. The molecule has 1 aromatic rings. The lowest BCUT2D eigenvalue weighted by molar-refractivity contribution is -0.0982. The fourth-order valence-electron chi connectivity index (χ4n) is 4.38. The molecule has 2 aliphatic rings. The molecule has 1 aromatic heterocycles. The second kappa shape index (κ2) is 6.53. The van der Waals surface area contributed by atoms with Gasteiger partial charge in [-0.15, -0.1) is 0 Å². The lowest BCUT2D eigenvalue weighted by atomic mass is 9.78. The summed E-state index contributed by atoms with van der Waals surface area (Å²) < 4.78 is 11.9. The summed E-state index contributed by atoms with van der Waals surface area (Å²) in [6.07, 6.45) is 10.4. The van der Waals surface area contributed by atoms with Gasteiger partial charge in [-0.2, -0.15) is 0 Å². The molecule has 0 aromatic carbocycles. The minimum Gasteiger partial charge on any atom is -0.469 e. The Balaban J connectivity index is 1.80. The molecule has 0 bridgehead atoms. The Hall–Kier alpha value is -0.800. The standard InChI is InChI=1S/C18H29NO2/c1-3-16-15(8-11-20-16)17(19-4-2)14-7-12-21-18(13-14)9-5-6-10-18/h8,11,14,17,19H,3-7,9-10,12-13H2,1-2H3. The summed E-state index contributed by atoms with van der Waals surface area (Å²) in [6, 6.07) is 2.59. The van der Waals surface area contributed by atoms with Gasteiger partial charge in [0.05, 0.1) is 11.9 Å². The van der Waals surface area contributed by atoms with Crippen LogP contribution in [0.4, 0.5) is 0 Å². The molecule has 2 atom stereocenters. The molecular weight excluding hydrogens is 262 g/mol. The average Bonchev–Trinajstić information content (AvgIpc) is 3.14. The van der Waals surface area contributed by atoms with E-state index < -0.39 is 0 Å². The molecule has 118 valence electrons. The summed E-state index contributed by atoms with van der Waals surface area (Å²) in [6.45, 7) is 6.30. The van der Waals surface area contributed by atoms with E-state index in [1.807, 2.05) is 6.26 Å². The summed E-state index contributed by atoms with van der Waals surface area (Å²) in [5.41, 5.74) is 1.56. The zero-order valence-electron chi connectivity index (χ0n) is 13.5. The normalized spacial score (nSPS) is 26.3. The van der Waals surface area contributed by atoms with Crippen LogP contribution in [-0.4, -0.2) is 18.8 Å². The second-order valence-corrected chi connectivity index (χ2v) is 6.68. The van der Waals surface area contributed by atoms with E-state index in [4.69, 9.17) is 9.15 Å². The van der Waals surface area contributed by atoms with Crippen LogP contribution in [0.1, 0.15) is 69.7 Å². The van der Waals surface area contributed by atoms with E-state index in [0.29, 0.717) is 12.0 Å². The van der Waals surface area contributed by atoms with Crippen molar-refractivity contribution in [2.45, 2.75) is 70.4 Å². The van der Waals surface area contributed by atoms with Gasteiger partial charge in [0.25, 0.3) is 0 Å². The van der Waals surface area contributed by atoms with Crippen LogP contribution < -0.4 is 5.32 Å². The topological polar surface area (TPSA) is 34.4 Å². The van der Waals surface area contributed by atoms with Crippen molar-refractivity contribution in [3.05, 3.63) is 23.7 Å². The third kappa shape index (κ3) is 3.04. The first-order valence-corrected chi connectivity index (χ1v) is 8.71. The Labute approximate surface area is 128 Å². The smallest absolute Gasteiger partial charge is 0.108 e. The van der Waals surface area contributed by atoms with Gasteiger partial charge in [-0.25, -0.2) is 0 Å². The monoisotopic (exact) mass is 291 g/mol. The molecule has 1 saturated heterocycles. The van der Waals surface area contributed by atoms with E-state index in [0.717, 1.165) is 31.8 Å². The van der Waals surface area contributed by atoms with Crippen LogP contribution in [-0.2, 0) is 11.2 Å². The van der Waals surface area contributed by atoms with Crippen molar-refractivity contribution in [1.82, 2.24) is 5.32 Å².